The highest BCUT2D eigenvalue weighted by atomic mass is 32.2. The normalized spacial score (nSPS) is 15.9. The summed E-state index contributed by atoms with van der Waals surface area (Å²) in [6.07, 6.45) is 3.16. The van der Waals surface area contributed by atoms with Gasteiger partial charge < -0.3 is 10.6 Å². The molecule has 0 aliphatic heterocycles. The Morgan fingerprint density at radius 3 is 2.40 bits per heavy atom. The first kappa shape index (κ1) is 25.0. The van der Waals surface area contributed by atoms with E-state index in [9.17, 15) is 19.1 Å². The lowest BCUT2D eigenvalue weighted by atomic mass is 10.0. The lowest BCUT2D eigenvalue weighted by Crippen LogP contribution is -2.50. The molecule has 35 heavy (non-hydrogen) atoms. The Balaban J connectivity index is 1.57. The third-order valence-corrected chi connectivity index (χ3v) is 8.07. The van der Waals surface area contributed by atoms with Crippen LogP contribution in [0.5, 0.6) is 0 Å². The van der Waals surface area contributed by atoms with Gasteiger partial charge in [0, 0.05) is 32.0 Å². The number of nitrogens with one attached hydrogen (secondary N) is 2. The number of carbonyl (C=O) groups is 2. The zero-order valence-electron chi connectivity index (χ0n) is 19.7. The zero-order valence-corrected chi connectivity index (χ0v) is 21.3. The van der Waals surface area contributed by atoms with Crippen LogP contribution in [0.15, 0.2) is 47.4 Å². The Morgan fingerprint density at radius 2 is 1.83 bits per heavy atom. The van der Waals surface area contributed by atoms with Gasteiger partial charge in [-0.25, -0.2) is 4.39 Å². The topological polar surface area (TPSA) is 99.1 Å². The largest absolute Gasteiger partial charge is 0.339 e. The van der Waals surface area contributed by atoms with Crippen LogP contribution in [0.4, 0.5) is 4.39 Å². The molecule has 0 bridgehead atoms. The Kier molecular flexibility index (Phi) is 7.06. The van der Waals surface area contributed by atoms with Gasteiger partial charge in [0.2, 0.25) is 5.91 Å². The SMILES string of the molecule is CC(C)CC(NC(=O)c1sc2cc(-c3ccc(S(C)=O)cc3)ccc2c1F)C(=O)NC1(C#N)CC1. The molecule has 2 amide bonds. The first-order valence-electron chi connectivity index (χ1n) is 11.3. The Hall–Kier alpha value is -3.09. The van der Waals surface area contributed by atoms with E-state index >= 15 is 4.39 Å². The van der Waals surface area contributed by atoms with Gasteiger partial charge in [0.1, 0.15) is 16.5 Å². The van der Waals surface area contributed by atoms with Crippen LogP contribution in [0, 0.1) is 23.1 Å². The van der Waals surface area contributed by atoms with Gasteiger partial charge >= 0.3 is 0 Å². The lowest BCUT2D eigenvalue weighted by Gasteiger charge is -2.21. The average Bonchev–Trinajstić information content (AvgIpc) is 3.53. The van der Waals surface area contributed by atoms with Crippen molar-refractivity contribution in [3.8, 4) is 17.2 Å². The number of amides is 2. The fourth-order valence-electron chi connectivity index (χ4n) is 3.87. The zero-order chi connectivity index (χ0) is 25.3. The molecule has 9 heteroatoms. The van der Waals surface area contributed by atoms with Gasteiger partial charge in [-0.3, -0.25) is 13.8 Å². The fraction of sp³-hybridized carbons (Fsp3) is 0.346. The highest BCUT2D eigenvalue weighted by molar-refractivity contribution is 7.84. The molecule has 6 nitrogen and oxygen atoms in total. The fourth-order valence-corrected chi connectivity index (χ4v) is 5.41. The van der Waals surface area contributed by atoms with Crippen LogP contribution < -0.4 is 10.6 Å². The number of halogens is 1. The van der Waals surface area contributed by atoms with E-state index in [4.69, 9.17) is 0 Å². The van der Waals surface area contributed by atoms with Gasteiger partial charge in [-0.2, -0.15) is 5.26 Å². The summed E-state index contributed by atoms with van der Waals surface area (Å²) in [6.45, 7) is 3.85. The second-order valence-corrected chi connectivity index (χ2v) is 11.7. The smallest absolute Gasteiger partial charge is 0.265 e. The molecule has 4 rings (SSSR count). The Bertz CT molecular complexity index is 1350. The van der Waals surface area contributed by atoms with Gasteiger partial charge in [0.15, 0.2) is 5.82 Å². The number of nitriles is 1. The van der Waals surface area contributed by atoms with Crippen molar-refractivity contribution in [2.24, 2.45) is 5.92 Å². The van der Waals surface area contributed by atoms with Gasteiger partial charge in [-0.1, -0.05) is 32.0 Å². The highest BCUT2D eigenvalue weighted by Gasteiger charge is 2.45. The van der Waals surface area contributed by atoms with Crippen LogP contribution in [0.3, 0.4) is 0 Å². The van der Waals surface area contributed by atoms with E-state index < -0.39 is 40.0 Å². The second-order valence-electron chi connectivity index (χ2n) is 9.27. The van der Waals surface area contributed by atoms with E-state index in [2.05, 4.69) is 16.7 Å². The molecule has 2 N–H and O–H groups in total. The molecular weight excluding hydrogens is 485 g/mol. The third kappa shape index (κ3) is 5.44. The predicted octanol–water partition coefficient (Wildman–Crippen LogP) is 4.76. The molecule has 0 spiro atoms. The van der Waals surface area contributed by atoms with Crippen LogP contribution >= 0.6 is 11.3 Å². The number of hydrogen-bond acceptors (Lipinski definition) is 5. The summed E-state index contributed by atoms with van der Waals surface area (Å²) in [6, 6.07) is 13.8. The molecule has 1 aliphatic rings. The van der Waals surface area contributed by atoms with Gasteiger partial charge in [0.05, 0.1) is 6.07 Å². The van der Waals surface area contributed by atoms with Crippen LogP contribution in [0.2, 0.25) is 0 Å². The lowest BCUT2D eigenvalue weighted by molar-refractivity contribution is -0.123. The van der Waals surface area contributed by atoms with E-state index in [0.29, 0.717) is 29.3 Å². The molecule has 0 saturated heterocycles. The van der Waals surface area contributed by atoms with Crippen LogP contribution in [-0.2, 0) is 15.6 Å². The van der Waals surface area contributed by atoms with Crippen molar-refractivity contribution < 1.29 is 18.2 Å². The van der Waals surface area contributed by atoms with Crippen molar-refractivity contribution in [2.45, 2.75) is 49.6 Å². The predicted molar refractivity (Wildman–Crippen MR) is 136 cm³/mol. The highest BCUT2D eigenvalue weighted by Crippen LogP contribution is 2.35. The standard InChI is InChI=1S/C26H26FN3O3S2/c1-15(2)12-20(24(31)30-26(14-28)10-11-26)29-25(32)23-22(27)19-9-6-17(13-21(19)34-23)16-4-7-18(8-5-16)35(3)33/h4-9,13,15,20H,10-12H2,1-3H3,(H,29,32)(H,30,31). The maximum absolute atomic E-state index is 15.2. The van der Waals surface area contributed by atoms with Crippen LogP contribution in [0.1, 0.15) is 42.8 Å². The molecule has 1 heterocycles. The molecule has 0 radical (unpaired) electrons. The summed E-state index contributed by atoms with van der Waals surface area (Å²) in [5.41, 5.74) is 0.893. The number of fused-ring (bicyclic) bond motifs is 1. The molecular formula is C26H26FN3O3S2. The van der Waals surface area contributed by atoms with E-state index in [1.165, 1.54) is 0 Å². The monoisotopic (exact) mass is 511 g/mol. The molecule has 2 unspecified atom stereocenters. The number of rotatable bonds is 8. The first-order valence-corrected chi connectivity index (χ1v) is 13.7. The van der Waals surface area contributed by atoms with Crippen LogP contribution in [0.25, 0.3) is 21.2 Å². The first-order chi connectivity index (χ1) is 16.6. The molecule has 1 aromatic heterocycles. The van der Waals surface area contributed by atoms with E-state index in [-0.39, 0.29) is 10.8 Å². The number of benzene rings is 2. The maximum Gasteiger partial charge on any atom is 0.265 e. The van der Waals surface area contributed by atoms with E-state index in [1.807, 2.05) is 32.0 Å². The van der Waals surface area contributed by atoms with Gasteiger partial charge in [-0.05, 0) is 60.6 Å². The third-order valence-electron chi connectivity index (χ3n) is 6.01. The van der Waals surface area contributed by atoms with Gasteiger partial charge in [-0.15, -0.1) is 11.3 Å². The van der Waals surface area contributed by atoms with Gasteiger partial charge in [0.25, 0.3) is 5.91 Å². The molecule has 1 fully saturated rings. The summed E-state index contributed by atoms with van der Waals surface area (Å²) in [7, 11) is -1.07. The second kappa shape index (κ2) is 9.88. The number of hydrogen-bond donors (Lipinski definition) is 2. The molecule has 182 valence electrons. The number of nitrogens with zero attached hydrogens (tertiary/aromatic N) is 1. The van der Waals surface area contributed by atoms with E-state index in [1.54, 1.807) is 30.5 Å². The summed E-state index contributed by atoms with van der Waals surface area (Å²) in [5.74, 6) is -1.59. The van der Waals surface area contributed by atoms with Crippen molar-refractivity contribution in [1.82, 2.24) is 10.6 Å². The Labute approximate surface area is 210 Å². The summed E-state index contributed by atoms with van der Waals surface area (Å²) < 4.78 is 27.4. The molecule has 1 aliphatic carbocycles. The molecule has 3 aromatic rings. The van der Waals surface area contributed by atoms with Crippen molar-refractivity contribution in [3.05, 3.63) is 53.2 Å². The quantitative estimate of drug-likeness (QED) is 0.455. The minimum atomic E-state index is -1.07. The minimum absolute atomic E-state index is 0.0862. The van der Waals surface area contributed by atoms with Crippen LogP contribution in [-0.4, -0.2) is 33.9 Å². The summed E-state index contributed by atoms with van der Waals surface area (Å²) >= 11 is 1.03. The summed E-state index contributed by atoms with van der Waals surface area (Å²) in [4.78, 5) is 26.5. The molecule has 1 saturated carbocycles. The van der Waals surface area contributed by atoms with E-state index in [0.717, 1.165) is 27.4 Å². The molecule has 2 aromatic carbocycles. The Morgan fingerprint density at radius 1 is 1.17 bits per heavy atom. The molecule has 2 atom stereocenters. The average molecular weight is 512 g/mol. The van der Waals surface area contributed by atoms with Crippen molar-refractivity contribution in [3.63, 3.8) is 0 Å². The van der Waals surface area contributed by atoms with Crippen molar-refractivity contribution in [2.75, 3.05) is 6.26 Å². The minimum Gasteiger partial charge on any atom is -0.339 e. The maximum atomic E-state index is 15.2. The van der Waals surface area contributed by atoms with Crippen molar-refractivity contribution >= 4 is 44.0 Å². The number of thiophene rings is 1. The summed E-state index contributed by atoms with van der Waals surface area (Å²) in [5, 5.41) is 15.0. The number of carbonyl (C=O) groups excluding carboxylic acids is 2. The van der Waals surface area contributed by atoms with Crippen molar-refractivity contribution in [1.29, 1.82) is 5.26 Å².